The molecule has 0 amide bonds. The van der Waals surface area contributed by atoms with Crippen molar-refractivity contribution in [2.75, 3.05) is 8.86 Å². The van der Waals surface area contributed by atoms with Crippen LogP contribution in [0.2, 0.25) is 0 Å². The van der Waals surface area contributed by atoms with Crippen molar-refractivity contribution in [3.63, 3.8) is 0 Å². The van der Waals surface area contributed by atoms with Gasteiger partial charge in [0.1, 0.15) is 0 Å². The van der Waals surface area contributed by atoms with Gasteiger partial charge in [0.25, 0.3) is 0 Å². The fraction of sp³-hybridized carbons (Fsp3) is 1.00. The van der Waals surface area contributed by atoms with Gasteiger partial charge in [-0.05, 0) is 0 Å². The number of rotatable bonds is 0. The van der Waals surface area contributed by atoms with Gasteiger partial charge in [0.05, 0.1) is 0 Å². The molecule has 0 nitrogen and oxygen atoms in total. The molecule has 0 radical (unpaired) electrons. The Bertz CT molecular complexity index is 164. The number of hydrogen-bond acceptors (Lipinski definition) is 0. The maximum atomic E-state index is 1.70. The third kappa shape index (κ3) is 0.632. The predicted molar refractivity (Wildman–Crippen MR) is 37.7 cm³/mol. The second-order valence-electron chi connectivity index (χ2n) is 4.35. The van der Waals surface area contributed by atoms with Crippen molar-refractivity contribution in [3.05, 3.63) is 0 Å². The van der Waals surface area contributed by atoms with Crippen molar-refractivity contribution < 1.29 is 21.2 Å². The minimum absolute atomic E-state index is 0.668. The molecule has 58 valence electrons. The van der Waals surface area contributed by atoms with Crippen LogP contribution in [0, 0.1) is 10.8 Å². The Hall–Kier alpha value is 0.730. The van der Waals surface area contributed by atoms with Gasteiger partial charge in [-0.1, -0.05) is 0 Å². The van der Waals surface area contributed by atoms with E-state index in [2.05, 4.69) is 0 Å². The summed E-state index contributed by atoms with van der Waals surface area (Å²) in [5.74, 6) is 0. The molecule has 10 heavy (non-hydrogen) atoms. The van der Waals surface area contributed by atoms with Crippen LogP contribution in [0.3, 0.4) is 0 Å². The van der Waals surface area contributed by atoms with Gasteiger partial charge in [0.15, 0.2) is 0 Å². The molecule has 1 unspecified atom stereocenters. The molecule has 0 aromatic carbocycles. The van der Waals surface area contributed by atoms with Gasteiger partial charge < -0.3 is 0 Å². The van der Waals surface area contributed by atoms with Crippen LogP contribution in [0.4, 0.5) is 0 Å². The van der Waals surface area contributed by atoms with E-state index >= 15 is 0 Å². The summed E-state index contributed by atoms with van der Waals surface area (Å²) in [6.07, 6.45) is 8.08. The van der Waals surface area contributed by atoms with Gasteiger partial charge in [-0.3, -0.25) is 0 Å². The van der Waals surface area contributed by atoms with Gasteiger partial charge >= 0.3 is 73.0 Å². The fourth-order valence-corrected chi connectivity index (χ4v) is 6.61. The van der Waals surface area contributed by atoms with E-state index in [9.17, 15) is 0 Å². The van der Waals surface area contributed by atoms with Crippen molar-refractivity contribution in [1.29, 1.82) is 0 Å². The molecule has 1 heterocycles. The van der Waals surface area contributed by atoms with E-state index in [1.807, 2.05) is 0 Å². The molecule has 0 aromatic heterocycles. The zero-order chi connectivity index (χ0) is 6.66. The topological polar surface area (TPSA) is 0 Å². The molecule has 2 spiro atoms. The van der Waals surface area contributed by atoms with E-state index in [1.54, 1.807) is 41.0 Å². The number of halogens is 1. The minimum atomic E-state index is 0.668. The van der Waals surface area contributed by atoms with E-state index in [1.165, 1.54) is 0 Å². The molecule has 2 saturated carbocycles. The Kier molecular flexibility index (Phi) is 1.08. The summed E-state index contributed by atoms with van der Waals surface area (Å²) in [6, 6.07) is 0. The predicted octanol–water partition coefficient (Wildman–Crippen LogP) is -0.960. The zero-order valence-corrected chi connectivity index (χ0v) is 8.49. The van der Waals surface area contributed by atoms with Crippen LogP contribution in [0.5, 0.6) is 0 Å². The summed E-state index contributed by atoms with van der Waals surface area (Å²) < 4.78 is 3.34. The van der Waals surface area contributed by atoms with Crippen LogP contribution in [-0.4, -0.2) is 8.86 Å². The van der Waals surface area contributed by atoms with Crippen LogP contribution in [-0.2, 0) is 0 Å². The Morgan fingerprint density at radius 2 is 1.90 bits per heavy atom. The van der Waals surface area contributed by atoms with Gasteiger partial charge in [0.2, 0.25) is 0 Å². The fourth-order valence-electron chi connectivity index (χ4n) is 2.82. The van der Waals surface area contributed by atoms with E-state index in [0.29, 0.717) is 21.2 Å². The SMILES string of the molecule is C1C[I-]CC2(C1)CC21CC1. The third-order valence-corrected chi connectivity index (χ3v) is 7.33. The Morgan fingerprint density at radius 1 is 1.00 bits per heavy atom. The van der Waals surface area contributed by atoms with E-state index in [0.717, 1.165) is 10.8 Å². The molecule has 1 heteroatoms. The average molecular weight is 249 g/mol. The Labute approximate surface area is 73.0 Å². The normalized spacial score (nSPS) is 48.8. The van der Waals surface area contributed by atoms with Gasteiger partial charge in [-0.2, -0.15) is 0 Å². The first-order valence-corrected chi connectivity index (χ1v) is 7.46. The molecule has 0 aromatic rings. The summed E-state index contributed by atoms with van der Waals surface area (Å²) in [6.45, 7) is 0. The van der Waals surface area contributed by atoms with E-state index in [4.69, 9.17) is 0 Å². The molecule has 0 bridgehead atoms. The first-order valence-electron chi connectivity index (χ1n) is 4.41. The summed E-state index contributed by atoms with van der Waals surface area (Å²) in [5.41, 5.74) is 1.98. The molecule has 1 saturated heterocycles. The standard InChI is InChI=1S/C9H14I/c1-2-9(7-10-5-1)6-8(9)3-4-8/h1-7H2/q-1. The molecule has 1 aliphatic heterocycles. The van der Waals surface area contributed by atoms with Gasteiger partial charge in [-0.15, -0.1) is 0 Å². The number of fused-ring (bicyclic) bond motifs is 1. The monoisotopic (exact) mass is 249 g/mol. The Morgan fingerprint density at radius 3 is 2.40 bits per heavy atom. The molecule has 3 rings (SSSR count). The molecular formula is C9H14I-. The maximum absolute atomic E-state index is 1.70. The second-order valence-corrected chi connectivity index (χ2v) is 7.27. The van der Waals surface area contributed by atoms with Gasteiger partial charge in [-0.25, -0.2) is 0 Å². The zero-order valence-electron chi connectivity index (χ0n) is 6.33. The van der Waals surface area contributed by atoms with Crippen LogP contribution < -0.4 is 21.2 Å². The molecule has 0 N–H and O–H groups in total. The van der Waals surface area contributed by atoms with Crippen molar-refractivity contribution in [2.45, 2.75) is 32.1 Å². The molecule has 1 atom stereocenters. The third-order valence-electron chi connectivity index (χ3n) is 3.80. The van der Waals surface area contributed by atoms with Crippen molar-refractivity contribution >= 4 is 0 Å². The average Bonchev–Trinajstić information content (AvgIpc) is 2.81. The Balaban J connectivity index is 1.80. The number of hydrogen-bond donors (Lipinski definition) is 0. The second kappa shape index (κ2) is 1.73. The van der Waals surface area contributed by atoms with Crippen LogP contribution in [0.25, 0.3) is 0 Å². The first-order chi connectivity index (χ1) is 4.87. The summed E-state index contributed by atoms with van der Waals surface area (Å²) in [4.78, 5) is 0. The van der Waals surface area contributed by atoms with Crippen molar-refractivity contribution in [3.8, 4) is 0 Å². The summed E-state index contributed by atoms with van der Waals surface area (Å²) in [5, 5.41) is 0. The summed E-state index contributed by atoms with van der Waals surface area (Å²) in [7, 11) is 0. The quantitative estimate of drug-likeness (QED) is 0.383. The first kappa shape index (κ1) is 6.27. The van der Waals surface area contributed by atoms with Gasteiger partial charge in [0, 0.05) is 0 Å². The summed E-state index contributed by atoms with van der Waals surface area (Å²) >= 11 is 0.668. The van der Waals surface area contributed by atoms with E-state index < -0.39 is 0 Å². The molecule has 3 fully saturated rings. The molecule has 3 aliphatic rings. The van der Waals surface area contributed by atoms with Crippen LogP contribution in [0.15, 0.2) is 0 Å². The van der Waals surface area contributed by atoms with Crippen LogP contribution >= 0.6 is 0 Å². The number of alkyl halides is 2. The van der Waals surface area contributed by atoms with Crippen molar-refractivity contribution in [1.82, 2.24) is 0 Å². The molecular weight excluding hydrogens is 235 g/mol. The van der Waals surface area contributed by atoms with Crippen molar-refractivity contribution in [2.24, 2.45) is 10.8 Å². The van der Waals surface area contributed by atoms with Crippen LogP contribution in [0.1, 0.15) is 32.1 Å². The van der Waals surface area contributed by atoms with E-state index in [-0.39, 0.29) is 0 Å². The molecule has 2 aliphatic carbocycles.